The number of morpholine rings is 1. The highest BCUT2D eigenvalue weighted by Crippen LogP contribution is 2.28. The van der Waals surface area contributed by atoms with Gasteiger partial charge in [-0.05, 0) is 36.4 Å². The van der Waals surface area contributed by atoms with Gasteiger partial charge in [-0.3, -0.25) is 9.88 Å². The number of likely N-dealkylation sites (tertiary alicyclic amines) is 1. The molecular formula is C22H25F6N3O5S. The molecule has 2 atom stereocenters. The van der Waals surface area contributed by atoms with E-state index in [0.717, 1.165) is 45.6 Å². The van der Waals surface area contributed by atoms with Crippen molar-refractivity contribution in [3.8, 4) is 0 Å². The SMILES string of the molecule is O=C(O)C(F)(F)F.O=C(O)C(F)(F)F.c1cncc(N2CCOC3CCN(Cc4cccs4)CCC32)c1. The fourth-order valence-corrected chi connectivity index (χ4v) is 4.51. The second-order valence-corrected chi connectivity index (χ2v) is 8.95. The number of pyridine rings is 1. The summed E-state index contributed by atoms with van der Waals surface area (Å²) in [7, 11) is 0. The number of halogens is 6. The van der Waals surface area contributed by atoms with E-state index in [9.17, 15) is 26.3 Å². The van der Waals surface area contributed by atoms with E-state index in [1.807, 2.05) is 29.8 Å². The van der Waals surface area contributed by atoms with E-state index in [2.05, 4.69) is 38.4 Å². The minimum Gasteiger partial charge on any atom is -0.475 e. The second kappa shape index (κ2) is 13.6. The van der Waals surface area contributed by atoms with E-state index >= 15 is 0 Å². The molecule has 4 rings (SSSR count). The van der Waals surface area contributed by atoms with Crippen LogP contribution in [0.2, 0.25) is 0 Å². The fourth-order valence-electron chi connectivity index (χ4n) is 3.76. The Morgan fingerprint density at radius 1 is 1.00 bits per heavy atom. The van der Waals surface area contributed by atoms with Crippen molar-refractivity contribution in [3.05, 3.63) is 46.9 Å². The van der Waals surface area contributed by atoms with Gasteiger partial charge in [0.05, 0.1) is 30.6 Å². The van der Waals surface area contributed by atoms with Gasteiger partial charge in [-0.1, -0.05) is 6.07 Å². The Hall–Kier alpha value is -2.91. The highest BCUT2D eigenvalue weighted by Gasteiger charge is 2.39. The molecule has 0 aliphatic carbocycles. The normalized spacial score (nSPS) is 20.3. The van der Waals surface area contributed by atoms with Gasteiger partial charge in [0, 0.05) is 37.3 Å². The number of carboxylic acid groups (broad SMARTS) is 2. The standard InChI is InChI=1S/C18H23N3OS.2C2HF3O2/c1-3-15(13-19-7-1)21-10-11-22-18-6-9-20(8-5-17(18)21)14-16-4-2-12-23-16;2*3-2(4,5)1(6)7/h1-4,7,12-13,17-18H,5-6,8-11,14H2;2*(H,6,7). The van der Waals surface area contributed by atoms with E-state index in [0.29, 0.717) is 12.1 Å². The summed E-state index contributed by atoms with van der Waals surface area (Å²) in [6, 6.07) is 9.05. The molecule has 2 N–H and O–H groups in total. The monoisotopic (exact) mass is 557 g/mol. The van der Waals surface area contributed by atoms with Crippen molar-refractivity contribution in [1.29, 1.82) is 0 Å². The molecule has 2 aliphatic heterocycles. The quantitative estimate of drug-likeness (QED) is 0.540. The highest BCUT2D eigenvalue weighted by molar-refractivity contribution is 7.09. The molecule has 15 heteroatoms. The topological polar surface area (TPSA) is 103 Å². The molecule has 37 heavy (non-hydrogen) atoms. The molecular weight excluding hydrogens is 532 g/mol. The van der Waals surface area contributed by atoms with Crippen molar-refractivity contribution in [2.75, 3.05) is 31.1 Å². The summed E-state index contributed by atoms with van der Waals surface area (Å²) in [4.78, 5) is 28.6. The van der Waals surface area contributed by atoms with Crippen molar-refractivity contribution < 1.29 is 50.9 Å². The van der Waals surface area contributed by atoms with Gasteiger partial charge in [0.2, 0.25) is 0 Å². The van der Waals surface area contributed by atoms with Crippen LogP contribution in [0.1, 0.15) is 17.7 Å². The van der Waals surface area contributed by atoms with E-state index in [-0.39, 0.29) is 0 Å². The van der Waals surface area contributed by atoms with Crippen LogP contribution in [-0.2, 0) is 20.9 Å². The number of fused-ring (bicyclic) bond motifs is 1. The molecule has 2 unspecified atom stereocenters. The number of nitrogens with zero attached hydrogens (tertiary/aromatic N) is 3. The highest BCUT2D eigenvalue weighted by atomic mass is 32.1. The van der Waals surface area contributed by atoms with E-state index in [4.69, 9.17) is 24.5 Å². The summed E-state index contributed by atoms with van der Waals surface area (Å²) in [6.45, 7) is 5.13. The van der Waals surface area contributed by atoms with Crippen molar-refractivity contribution in [3.63, 3.8) is 0 Å². The summed E-state index contributed by atoms with van der Waals surface area (Å²) < 4.78 is 69.6. The molecule has 2 fully saturated rings. The number of hydrogen-bond acceptors (Lipinski definition) is 7. The van der Waals surface area contributed by atoms with Gasteiger partial charge >= 0.3 is 24.3 Å². The maximum atomic E-state index is 10.6. The molecule has 2 saturated heterocycles. The third kappa shape index (κ3) is 10.2. The molecule has 2 aromatic rings. The lowest BCUT2D eigenvalue weighted by atomic mass is 10.0. The zero-order chi connectivity index (χ0) is 27.6. The van der Waals surface area contributed by atoms with Crippen LogP contribution in [0.3, 0.4) is 0 Å². The van der Waals surface area contributed by atoms with Gasteiger partial charge < -0.3 is 19.8 Å². The predicted molar refractivity (Wildman–Crippen MR) is 121 cm³/mol. The van der Waals surface area contributed by atoms with E-state index in [1.165, 1.54) is 10.6 Å². The summed E-state index contributed by atoms with van der Waals surface area (Å²) in [5.74, 6) is -5.51. The van der Waals surface area contributed by atoms with Gasteiger partial charge in [0.25, 0.3) is 0 Å². The molecule has 206 valence electrons. The number of ether oxygens (including phenoxy) is 1. The maximum Gasteiger partial charge on any atom is 0.490 e. The number of rotatable bonds is 3. The number of hydrogen-bond donors (Lipinski definition) is 2. The summed E-state index contributed by atoms with van der Waals surface area (Å²) >= 11 is 1.85. The largest absolute Gasteiger partial charge is 0.490 e. The lowest BCUT2D eigenvalue weighted by Crippen LogP contribution is -2.51. The summed E-state index contributed by atoms with van der Waals surface area (Å²) in [5, 5.41) is 16.4. The maximum absolute atomic E-state index is 10.6. The number of aliphatic carboxylic acids is 2. The van der Waals surface area contributed by atoms with Gasteiger partial charge in [-0.15, -0.1) is 11.3 Å². The number of aromatic nitrogens is 1. The van der Waals surface area contributed by atoms with Crippen LogP contribution >= 0.6 is 11.3 Å². The Bertz CT molecular complexity index is 951. The fraction of sp³-hybridized carbons (Fsp3) is 0.500. The number of alkyl halides is 6. The molecule has 0 radical (unpaired) electrons. The van der Waals surface area contributed by atoms with Gasteiger partial charge in [0.1, 0.15) is 0 Å². The zero-order valence-electron chi connectivity index (χ0n) is 19.3. The van der Waals surface area contributed by atoms with Crippen molar-refractivity contribution in [2.45, 2.75) is 43.9 Å². The first kappa shape index (κ1) is 30.3. The van der Waals surface area contributed by atoms with Crippen LogP contribution in [0.5, 0.6) is 0 Å². The average molecular weight is 558 g/mol. The Morgan fingerprint density at radius 3 is 2.14 bits per heavy atom. The smallest absolute Gasteiger partial charge is 0.475 e. The number of anilines is 1. The lowest BCUT2D eigenvalue weighted by molar-refractivity contribution is -0.193. The lowest BCUT2D eigenvalue weighted by Gasteiger charge is -2.41. The van der Waals surface area contributed by atoms with Crippen LogP contribution in [0.4, 0.5) is 32.0 Å². The Labute approximate surface area is 212 Å². The molecule has 0 amide bonds. The minimum atomic E-state index is -5.08. The minimum absolute atomic E-state index is 0.345. The number of carbonyl (C=O) groups is 2. The Balaban J connectivity index is 0.000000286. The molecule has 0 aromatic carbocycles. The summed E-state index contributed by atoms with van der Waals surface area (Å²) in [5.41, 5.74) is 1.23. The van der Waals surface area contributed by atoms with Crippen molar-refractivity contribution >= 4 is 29.0 Å². The van der Waals surface area contributed by atoms with E-state index < -0.39 is 24.3 Å². The van der Waals surface area contributed by atoms with Crippen LogP contribution in [0.25, 0.3) is 0 Å². The molecule has 0 saturated carbocycles. The van der Waals surface area contributed by atoms with Crippen molar-refractivity contribution in [1.82, 2.24) is 9.88 Å². The summed E-state index contributed by atoms with van der Waals surface area (Å²) in [6.07, 6.45) is -3.72. The van der Waals surface area contributed by atoms with Crippen LogP contribution in [0.15, 0.2) is 42.0 Å². The molecule has 8 nitrogen and oxygen atoms in total. The second-order valence-electron chi connectivity index (χ2n) is 7.92. The first-order chi connectivity index (χ1) is 17.3. The average Bonchev–Trinajstić information content (AvgIpc) is 3.25. The first-order valence-corrected chi connectivity index (χ1v) is 11.8. The van der Waals surface area contributed by atoms with Gasteiger partial charge in [0.15, 0.2) is 0 Å². The van der Waals surface area contributed by atoms with E-state index in [1.54, 1.807) is 0 Å². The van der Waals surface area contributed by atoms with Crippen LogP contribution in [-0.4, -0.2) is 82.8 Å². The van der Waals surface area contributed by atoms with Gasteiger partial charge in [-0.2, -0.15) is 26.3 Å². The molecule has 0 spiro atoms. The number of carboxylic acids is 2. The van der Waals surface area contributed by atoms with Gasteiger partial charge in [-0.25, -0.2) is 9.59 Å². The first-order valence-electron chi connectivity index (χ1n) is 10.9. The van der Waals surface area contributed by atoms with Crippen LogP contribution < -0.4 is 4.90 Å². The molecule has 4 heterocycles. The Kier molecular flexibility index (Phi) is 11.1. The number of thiophene rings is 1. The third-order valence-corrected chi connectivity index (χ3v) is 6.25. The molecule has 2 aliphatic rings. The molecule has 2 aromatic heterocycles. The third-order valence-electron chi connectivity index (χ3n) is 5.39. The van der Waals surface area contributed by atoms with Crippen LogP contribution in [0, 0.1) is 0 Å². The van der Waals surface area contributed by atoms with Crippen molar-refractivity contribution in [2.24, 2.45) is 0 Å². The zero-order valence-corrected chi connectivity index (χ0v) is 20.1. The molecule has 0 bridgehead atoms. The predicted octanol–water partition coefficient (Wildman–Crippen LogP) is 4.28. The Morgan fingerprint density at radius 2 is 1.62 bits per heavy atom.